The number of esters is 1. The molecule has 5 heteroatoms. The van der Waals surface area contributed by atoms with Crippen molar-refractivity contribution in [2.45, 2.75) is 13.0 Å². The van der Waals surface area contributed by atoms with Crippen molar-refractivity contribution in [1.29, 1.82) is 0 Å². The predicted molar refractivity (Wildman–Crippen MR) is 72.9 cm³/mol. The van der Waals surface area contributed by atoms with E-state index in [9.17, 15) is 4.79 Å². The van der Waals surface area contributed by atoms with Gasteiger partial charge in [0.05, 0.1) is 12.8 Å². The average molecular weight is 263 g/mol. The minimum absolute atomic E-state index is 0.378. The average Bonchev–Trinajstić information content (AvgIpc) is 2.86. The minimum Gasteiger partial charge on any atom is -0.464 e. The number of carbonyl (C=O) groups excluding carboxylic acids is 1. The fraction of sp³-hybridized carbons (Fsp3) is 0.571. The van der Waals surface area contributed by atoms with Gasteiger partial charge in [-0.2, -0.15) is 0 Å². The summed E-state index contributed by atoms with van der Waals surface area (Å²) in [4.78, 5) is 18.2. The van der Waals surface area contributed by atoms with Crippen LogP contribution >= 0.6 is 0 Å². The Bertz CT molecular complexity index is 436. The molecule has 0 aliphatic carbocycles. The van der Waals surface area contributed by atoms with Crippen molar-refractivity contribution in [3.8, 4) is 0 Å². The molecule has 1 saturated heterocycles. The van der Waals surface area contributed by atoms with E-state index in [2.05, 4.69) is 19.9 Å². The minimum atomic E-state index is -0.378. The fourth-order valence-electron chi connectivity index (χ4n) is 2.53. The van der Waals surface area contributed by atoms with Crippen molar-refractivity contribution in [2.75, 3.05) is 33.8 Å². The Morgan fingerprint density at radius 2 is 2.42 bits per heavy atom. The summed E-state index contributed by atoms with van der Waals surface area (Å²) >= 11 is 0. The molecule has 1 aliphatic rings. The van der Waals surface area contributed by atoms with Crippen LogP contribution in [-0.2, 0) is 11.3 Å². The highest BCUT2D eigenvalue weighted by Crippen LogP contribution is 2.17. The van der Waals surface area contributed by atoms with E-state index < -0.39 is 0 Å². The first-order chi connectivity index (χ1) is 9.22. The van der Waals surface area contributed by atoms with Gasteiger partial charge in [0, 0.05) is 13.1 Å². The van der Waals surface area contributed by atoms with E-state index in [-0.39, 0.29) is 5.97 Å². The second kappa shape index (κ2) is 6.63. The number of ether oxygens (including phenoxy) is 1. The van der Waals surface area contributed by atoms with E-state index in [4.69, 9.17) is 0 Å². The summed E-state index contributed by atoms with van der Waals surface area (Å²) in [5.74, 6) is 0.338. The molecule has 0 saturated carbocycles. The molecule has 1 fully saturated rings. The third-order valence-electron chi connectivity index (χ3n) is 3.45. The largest absolute Gasteiger partial charge is 0.464 e. The van der Waals surface area contributed by atoms with Crippen LogP contribution in [0.5, 0.6) is 0 Å². The van der Waals surface area contributed by atoms with Crippen LogP contribution in [0.1, 0.15) is 22.6 Å². The number of likely N-dealkylation sites (tertiary alicyclic amines) is 1. The van der Waals surface area contributed by atoms with Gasteiger partial charge >= 0.3 is 5.97 Å². The monoisotopic (exact) mass is 263 g/mol. The summed E-state index contributed by atoms with van der Waals surface area (Å²) in [6.07, 6.45) is 1.22. The Morgan fingerprint density at radius 1 is 1.58 bits per heavy atom. The molecular formula is C14H21N3O2. The highest BCUT2D eigenvalue weighted by atomic mass is 16.5. The maximum Gasteiger partial charge on any atom is 0.356 e. The van der Waals surface area contributed by atoms with Crippen LogP contribution in [-0.4, -0.2) is 49.6 Å². The fourth-order valence-corrected chi connectivity index (χ4v) is 2.53. The van der Waals surface area contributed by atoms with Gasteiger partial charge in [0.15, 0.2) is 0 Å². The third kappa shape index (κ3) is 3.75. The van der Waals surface area contributed by atoms with Gasteiger partial charge in [-0.1, -0.05) is 6.07 Å². The molecule has 0 bridgehead atoms. The van der Waals surface area contributed by atoms with E-state index in [1.165, 1.54) is 13.5 Å². The van der Waals surface area contributed by atoms with Gasteiger partial charge in [-0.15, -0.1) is 0 Å². The molecule has 104 valence electrons. The summed E-state index contributed by atoms with van der Waals surface area (Å²) in [5.41, 5.74) is 1.30. The third-order valence-corrected chi connectivity index (χ3v) is 3.45. The van der Waals surface area contributed by atoms with Crippen LogP contribution in [0.25, 0.3) is 0 Å². The normalized spacial score (nSPS) is 19.6. The zero-order chi connectivity index (χ0) is 13.7. The predicted octanol–water partition coefficient (Wildman–Crippen LogP) is 0.909. The van der Waals surface area contributed by atoms with Crippen LogP contribution in [0.3, 0.4) is 0 Å². The van der Waals surface area contributed by atoms with Crippen LogP contribution in [0, 0.1) is 5.92 Å². The molecule has 0 aromatic carbocycles. The number of carbonyl (C=O) groups is 1. The molecule has 1 atom stereocenters. The number of nitrogens with one attached hydrogen (secondary N) is 1. The van der Waals surface area contributed by atoms with Gasteiger partial charge in [-0.05, 0) is 44.6 Å². The van der Waals surface area contributed by atoms with Crippen LogP contribution in [0.2, 0.25) is 0 Å². The molecule has 0 spiro atoms. The van der Waals surface area contributed by atoms with E-state index >= 15 is 0 Å². The summed E-state index contributed by atoms with van der Waals surface area (Å²) in [6, 6.07) is 5.50. The summed E-state index contributed by atoms with van der Waals surface area (Å²) < 4.78 is 4.69. The van der Waals surface area contributed by atoms with Crippen LogP contribution < -0.4 is 5.32 Å². The standard InChI is InChI=1S/C14H21N3O2/c1-15-8-11-6-7-17(9-11)10-12-4-3-5-13(16-12)14(18)19-2/h3-5,11,15H,6-10H2,1-2H3. The Morgan fingerprint density at radius 3 is 3.16 bits per heavy atom. The molecule has 1 unspecified atom stereocenters. The van der Waals surface area contributed by atoms with E-state index in [0.29, 0.717) is 11.6 Å². The number of methoxy groups -OCH3 is 1. The van der Waals surface area contributed by atoms with Gasteiger partial charge in [0.2, 0.25) is 0 Å². The molecule has 0 amide bonds. The number of hydrogen-bond acceptors (Lipinski definition) is 5. The van der Waals surface area contributed by atoms with Crippen molar-refractivity contribution in [1.82, 2.24) is 15.2 Å². The maximum absolute atomic E-state index is 11.4. The lowest BCUT2D eigenvalue weighted by Gasteiger charge is -2.15. The first-order valence-corrected chi connectivity index (χ1v) is 6.64. The maximum atomic E-state index is 11.4. The van der Waals surface area contributed by atoms with Gasteiger partial charge in [0.1, 0.15) is 5.69 Å². The summed E-state index contributed by atoms with van der Waals surface area (Å²) in [7, 11) is 3.36. The van der Waals surface area contributed by atoms with Crippen LogP contribution in [0.15, 0.2) is 18.2 Å². The van der Waals surface area contributed by atoms with Crippen molar-refractivity contribution in [3.05, 3.63) is 29.6 Å². The number of aromatic nitrogens is 1. The molecule has 1 aliphatic heterocycles. The van der Waals surface area contributed by atoms with Crippen molar-refractivity contribution < 1.29 is 9.53 Å². The van der Waals surface area contributed by atoms with Gasteiger partial charge < -0.3 is 10.1 Å². The summed E-state index contributed by atoms with van der Waals surface area (Å²) in [6.45, 7) is 4.04. The molecule has 1 aromatic rings. The Labute approximate surface area is 114 Å². The van der Waals surface area contributed by atoms with Crippen LogP contribution in [0.4, 0.5) is 0 Å². The van der Waals surface area contributed by atoms with E-state index in [0.717, 1.165) is 31.9 Å². The first kappa shape index (κ1) is 14.0. The molecular weight excluding hydrogens is 242 g/mol. The Kier molecular flexibility index (Phi) is 4.87. The smallest absolute Gasteiger partial charge is 0.356 e. The SMILES string of the molecule is CNCC1CCN(Cc2cccc(C(=O)OC)n2)C1. The van der Waals surface area contributed by atoms with E-state index in [1.54, 1.807) is 6.07 Å². The summed E-state index contributed by atoms with van der Waals surface area (Å²) in [5, 5.41) is 3.22. The highest BCUT2D eigenvalue weighted by molar-refractivity contribution is 5.87. The second-order valence-electron chi connectivity index (χ2n) is 4.95. The molecule has 1 aromatic heterocycles. The lowest BCUT2D eigenvalue weighted by molar-refractivity contribution is 0.0593. The Balaban J connectivity index is 1.94. The number of nitrogens with zero attached hydrogens (tertiary/aromatic N) is 2. The van der Waals surface area contributed by atoms with Gasteiger partial charge in [-0.3, -0.25) is 4.90 Å². The Hall–Kier alpha value is -1.46. The molecule has 5 nitrogen and oxygen atoms in total. The van der Waals surface area contributed by atoms with Gasteiger partial charge in [0.25, 0.3) is 0 Å². The van der Waals surface area contributed by atoms with Gasteiger partial charge in [-0.25, -0.2) is 9.78 Å². The zero-order valence-electron chi connectivity index (χ0n) is 11.6. The molecule has 0 radical (unpaired) electrons. The second-order valence-corrected chi connectivity index (χ2v) is 4.95. The molecule has 2 rings (SSSR count). The van der Waals surface area contributed by atoms with Crippen molar-refractivity contribution in [3.63, 3.8) is 0 Å². The lowest BCUT2D eigenvalue weighted by atomic mass is 10.1. The topological polar surface area (TPSA) is 54.5 Å². The highest BCUT2D eigenvalue weighted by Gasteiger charge is 2.22. The lowest BCUT2D eigenvalue weighted by Crippen LogP contribution is -2.24. The number of hydrogen-bond donors (Lipinski definition) is 1. The van der Waals surface area contributed by atoms with E-state index in [1.807, 2.05) is 19.2 Å². The quantitative estimate of drug-likeness (QED) is 0.800. The molecule has 2 heterocycles. The van der Waals surface area contributed by atoms with Crippen molar-refractivity contribution in [2.24, 2.45) is 5.92 Å². The molecule has 19 heavy (non-hydrogen) atoms. The zero-order valence-corrected chi connectivity index (χ0v) is 11.6. The number of rotatable bonds is 5. The number of pyridine rings is 1. The molecule has 1 N–H and O–H groups in total. The first-order valence-electron chi connectivity index (χ1n) is 6.64. The van der Waals surface area contributed by atoms with Crippen molar-refractivity contribution >= 4 is 5.97 Å².